The summed E-state index contributed by atoms with van der Waals surface area (Å²) in [4.78, 5) is 4.09. The van der Waals surface area contributed by atoms with Crippen molar-refractivity contribution in [2.24, 2.45) is 0 Å². The Labute approximate surface area is 113 Å². The molecule has 0 fully saturated rings. The topological polar surface area (TPSA) is 24.9 Å². The Kier molecular flexibility index (Phi) is 5.04. The van der Waals surface area contributed by atoms with Gasteiger partial charge in [-0.2, -0.15) is 0 Å². The number of rotatable bonds is 6. The van der Waals surface area contributed by atoms with Crippen LogP contribution >= 0.6 is 0 Å². The van der Waals surface area contributed by atoms with E-state index in [1.165, 1.54) is 11.6 Å². The number of aromatic nitrogens is 1. The van der Waals surface area contributed by atoms with E-state index >= 15 is 0 Å². The molecule has 2 nitrogen and oxygen atoms in total. The molecule has 1 heterocycles. The standard InChI is InChI=1S/C16H19FN2/c1-13(10-15-4-2-6-16(17)11-15)19-9-7-14-5-3-8-18-12-14/h2-6,8,11-13,19H,7,9-10H2,1H3. The summed E-state index contributed by atoms with van der Waals surface area (Å²) >= 11 is 0. The number of hydrogen-bond donors (Lipinski definition) is 1. The number of hydrogen-bond acceptors (Lipinski definition) is 2. The highest BCUT2D eigenvalue weighted by molar-refractivity contribution is 5.17. The number of benzene rings is 1. The first-order valence-electron chi connectivity index (χ1n) is 6.61. The summed E-state index contributed by atoms with van der Waals surface area (Å²) in [7, 11) is 0. The van der Waals surface area contributed by atoms with Gasteiger partial charge in [0.05, 0.1) is 0 Å². The Balaban J connectivity index is 1.74. The Bertz CT molecular complexity index is 499. The van der Waals surface area contributed by atoms with Gasteiger partial charge in [-0.15, -0.1) is 0 Å². The third-order valence-corrected chi connectivity index (χ3v) is 3.06. The summed E-state index contributed by atoms with van der Waals surface area (Å²) < 4.78 is 13.1. The van der Waals surface area contributed by atoms with Crippen molar-refractivity contribution in [3.63, 3.8) is 0 Å². The van der Waals surface area contributed by atoms with Crippen LogP contribution in [0.2, 0.25) is 0 Å². The van der Waals surface area contributed by atoms with E-state index in [4.69, 9.17) is 0 Å². The molecule has 2 rings (SSSR count). The van der Waals surface area contributed by atoms with E-state index in [0.717, 1.165) is 24.9 Å². The van der Waals surface area contributed by atoms with Crippen molar-refractivity contribution in [3.05, 3.63) is 65.7 Å². The van der Waals surface area contributed by atoms with Crippen LogP contribution in [0.4, 0.5) is 4.39 Å². The molecule has 19 heavy (non-hydrogen) atoms. The van der Waals surface area contributed by atoms with E-state index in [9.17, 15) is 4.39 Å². The lowest BCUT2D eigenvalue weighted by molar-refractivity contribution is 0.545. The van der Waals surface area contributed by atoms with Crippen LogP contribution in [-0.2, 0) is 12.8 Å². The maximum absolute atomic E-state index is 13.1. The summed E-state index contributed by atoms with van der Waals surface area (Å²) in [6.45, 7) is 3.02. The first-order valence-corrected chi connectivity index (χ1v) is 6.61. The number of pyridine rings is 1. The van der Waals surface area contributed by atoms with Crippen molar-refractivity contribution >= 4 is 0 Å². The van der Waals surface area contributed by atoms with Gasteiger partial charge in [0.15, 0.2) is 0 Å². The van der Waals surface area contributed by atoms with Crippen molar-refractivity contribution < 1.29 is 4.39 Å². The third kappa shape index (κ3) is 4.79. The van der Waals surface area contributed by atoms with Crippen molar-refractivity contribution in [1.82, 2.24) is 10.3 Å². The number of nitrogens with one attached hydrogen (secondary N) is 1. The Morgan fingerprint density at radius 2 is 2.05 bits per heavy atom. The van der Waals surface area contributed by atoms with E-state index in [2.05, 4.69) is 23.3 Å². The molecule has 1 aromatic carbocycles. The summed E-state index contributed by atoms with van der Waals surface area (Å²) in [6.07, 6.45) is 5.47. The normalized spacial score (nSPS) is 12.3. The minimum Gasteiger partial charge on any atom is -0.314 e. The second-order valence-electron chi connectivity index (χ2n) is 4.80. The molecule has 0 radical (unpaired) electrons. The average molecular weight is 258 g/mol. The smallest absolute Gasteiger partial charge is 0.123 e. The minimum absolute atomic E-state index is 0.167. The van der Waals surface area contributed by atoms with Gasteiger partial charge >= 0.3 is 0 Å². The first kappa shape index (κ1) is 13.7. The molecular weight excluding hydrogens is 239 g/mol. The summed E-state index contributed by atoms with van der Waals surface area (Å²) in [5.74, 6) is -0.167. The van der Waals surface area contributed by atoms with Gasteiger partial charge < -0.3 is 5.32 Å². The van der Waals surface area contributed by atoms with Crippen molar-refractivity contribution in [2.75, 3.05) is 6.54 Å². The number of nitrogens with zero attached hydrogens (tertiary/aromatic N) is 1. The van der Waals surface area contributed by atoms with Crippen LogP contribution in [0.15, 0.2) is 48.8 Å². The van der Waals surface area contributed by atoms with Gasteiger partial charge in [0.2, 0.25) is 0 Å². The Morgan fingerprint density at radius 3 is 2.79 bits per heavy atom. The van der Waals surface area contributed by atoms with Gasteiger partial charge in [0, 0.05) is 18.4 Å². The first-order chi connectivity index (χ1) is 9.24. The molecule has 100 valence electrons. The highest BCUT2D eigenvalue weighted by Crippen LogP contribution is 2.06. The van der Waals surface area contributed by atoms with Crippen molar-refractivity contribution in [2.45, 2.75) is 25.8 Å². The molecule has 1 N–H and O–H groups in total. The summed E-state index contributed by atoms with van der Waals surface area (Å²) in [6, 6.07) is 11.1. The predicted octanol–water partition coefficient (Wildman–Crippen LogP) is 2.98. The molecular formula is C16H19FN2. The maximum atomic E-state index is 13.1. The second-order valence-corrected chi connectivity index (χ2v) is 4.80. The zero-order valence-corrected chi connectivity index (χ0v) is 11.1. The Hall–Kier alpha value is -1.74. The largest absolute Gasteiger partial charge is 0.314 e. The molecule has 3 heteroatoms. The summed E-state index contributed by atoms with van der Waals surface area (Å²) in [5.41, 5.74) is 2.26. The molecule has 0 amide bonds. The zero-order valence-electron chi connectivity index (χ0n) is 11.1. The van der Waals surface area contributed by atoms with Gasteiger partial charge in [-0.05, 0) is 55.6 Å². The van der Waals surface area contributed by atoms with Crippen LogP contribution in [0.3, 0.4) is 0 Å². The molecule has 1 unspecified atom stereocenters. The Morgan fingerprint density at radius 1 is 1.21 bits per heavy atom. The highest BCUT2D eigenvalue weighted by Gasteiger charge is 2.03. The second kappa shape index (κ2) is 7.00. The van der Waals surface area contributed by atoms with E-state index in [-0.39, 0.29) is 5.82 Å². The SMILES string of the molecule is CC(Cc1cccc(F)c1)NCCc1cccnc1. The quantitative estimate of drug-likeness (QED) is 0.861. The summed E-state index contributed by atoms with van der Waals surface area (Å²) in [5, 5.41) is 3.45. The third-order valence-electron chi connectivity index (χ3n) is 3.06. The zero-order chi connectivity index (χ0) is 13.5. The van der Waals surface area contributed by atoms with Gasteiger partial charge in [-0.1, -0.05) is 18.2 Å². The lowest BCUT2D eigenvalue weighted by atomic mass is 10.1. The minimum atomic E-state index is -0.167. The fraction of sp³-hybridized carbons (Fsp3) is 0.312. The van der Waals surface area contributed by atoms with Crippen LogP contribution in [0.1, 0.15) is 18.1 Å². The average Bonchev–Trinajstić information content (AvgIpc) is 2.40. The molecule has 1 aromatic heterocycles. The maximum Gasteiger partial charge on any atom is 0.123 e. The van der Waals surface area contributed by atoms with Crippen molar-refractivity contribution in [1.29, 1.82) is 0 Å². The van der Waals surface area contributed by atoms with Crippen LogP contribution < -0.4 is 5.32 Å². The van der Waals surface area contributed by atoms with Crippen LogP contribution in [0, 0.1) is 5.82 Å². The fourth-order valence-electron chi connectivity index (χ4n) is 2.10. The molecule has 0 aliphatic heterocycles. The van der Waals surface area contributed by atoms with Gasteiger partial charge in [0.1, 0.15) is 5.82 Å². The van der Waals surface area contributed by atoms with Gasteiger partial charge in [-0.25, -0.2) is 4.39 Å². The lowest BCUT2D eigenvalue weighted by Crippen LogP contribution is -2.30. The van der Waals surface area contributed by atoms with Crippen LogP contribution in [0.5, 0.6) is 0 Å². The number of halogens is 1. The van der Waals surface area contributed by atoms with E-state index < -0.39 is 0 Å². The molecule has 0 bridgehead atoms. The lowest BCUT2D eigenvalue weighted by Gasteiger charge is -2.13. The van der Waals surface area contributed by atoms with E-state index in [1.807, 2.05) is 18.3 Å². The monoisotopic (exact) mass is 258 g/mol. The van der Waals surface area contributed by atoms with Gasteiger partial charge in [0.25, 0.3) is 0 Å². The molecule has 0 saturated carbocycles. The predicted molar refractivity (Wildman–Crippen MR) is 75.5 cm³/mol. The van der Waals surface area contributed by atoms with Crippen LogP contribution in [-0.4, -0.2) is 17.6 Å². The molecule has 0 spiro atoms. The molecule has 0 aliphatic carbocycles. The molecule has 0 saturated heterocycles. The van der Waals surface area contributed by atoms with Crippen molar-refractivity contribution in [3.8, 4) is 0 Å². The molecule has 0 aliphatic rings. The van der Waals surface area contributed by atoms with Gasteiger partial charge in [-0.3, -0.25) is 4.98 Å². The fourth-order valence-corrected chi connectivity index (χ4v) is 2.10. The van der Waals surface area contributed by atoms with E-state index in [1.54, 1.807) is 18.3 Å². The molecule has 1 atom stereocenters. The van der Waals surface area contributed by atoms with E-state index in [0.29, 0.717) is 6.04 Å². The highest BCUT2D eigenvalue weighted by atomic mass is 19.1. The molecule has 2 aromatic rings. The van der Waals surface area contributed by atoms with Crippen LogP contribution in [0.25, 0.3) is 0 Å².